The summed E-state index contributed by atoms with van der Waals surface area (Å²) < 4.78 is 22.6. The van der Waals surface area contributed by atoms with E-state index in [-0.39, 0.29) is 6.04 Å². The number of benzene rings is 3. The fourth-order valence-corrected chi connectivity index (χ4v) is 4.85. The second-order valence-electron chi connectivity index (χ2n) is 9.02. The Labute approximate surface area is 236 Å². The van der Waals surface area contributed by atoms with Gasteiger partial charge in [0.1, 0.15) is 11.5 Å². The average Bonchev–Trinajstić information content (AvgIpc) is 2.96. The molecule has 0 aliphatic heterocycles. The molecule has 0 N–H and O–H groups in total. The van der Waals surface area contributed by atoms with E-state index in [2.05, 4.69) is 57.8 Å². The van der Waals surface area contributed by atoms with E-state index in [1.807, 2.05) is 42.5 Å². The summed E-state index contributed by atoms with van der Waals surface area (Å²) in [5, 5.41) is 0. The Morgan fingerprint density at radius 1 is 0.816 bits per heavy atom. The Bertz CT molecular complexity index is 1200. The summed E-state index contributed by atoms with van der Waals surface area (Å²) in [5.74, 6) is 10.1. The molecule has 0 heterocycles. The quantitative estimate of drug-likeness (QED) is 0.201. The molecular weight excluding hydrogens is 542 g/mol. The van der Waals surface area contributed by atoms with Gasteiger partial charge in [0, 0.05) is 16.6 Å². The van der Waals surface area contributed by atoms with Crippen LogP contribution >= 0.6 is 15.9 Å². The fraction of sp³-hybridized carbons (Fsp3) is 0.375. The van der Waals surface area contributed by atoms with Gasteiger partial charge in [0.05, 0.1) is 34.5 Å². The van der Waals surface area contributed by atoms with Crippen LogP contribution in [0.1, 0.15) is 42.9 Å². The standard InChI is InChI=1S/C32H38BrNO4/c1-6-8-27(15-10-24-11-16-28(35-2)17-12-24)34(23-25-13-18-29(36-3)19-14-25)20-7-9-26-21-31(37-4)32(38-5)22-30(26)33/h11-14,16-19,21-22,27H,6-9,20,23H2,1-5H3. The maximum atomic E-state index is 5.52. The summed E-state index contributed by atoms with van der Waals surface area (Å²) in [6, 6.07) is 20.4. The zero-order valence-electron chi connectivity index (χ0n) is 23.1. The SMILES string of the molecule is CCCC(C#Cc1ccc(OC)cc1)N(CCCc1cc(OC)c(OC)cc1Br)Cc1ccc(OC)cc1. The summed E-state index contributed by atoms with van der Waals surface area (Å²) in [5.41, 5.74) is 3.43. The summed E-state index contributed by atoms with van der Waals surface area (Å²) in [4.78, 5) is 2.50. The normalized spacial score (nSPS) is 11.4. The van der Waals surface area contributed by atoms with E-state index in [1.54, 1.807) is 28.4 Å². The second-order valence-corrected chi connectivity index (χ2v) is 9.88. The summed E-state index contributed by atoms with van der Waals surface area (Å²) in [7, 11) is 6.69. The van der Waals surface area contributed by atoms with E-state index in [1.165, 1.54) is 11.1 Å². The van der Waals surface area contributed by atoms with Crippen LogP contribution in [0, 0.1) is 11.8 Å². The molecular formula is C32H38BrNO4. The summed E-state index contributed by atoms with van der Waals surface area (Å²) in [6.07, 6.45) is 3.95. The van der Waals surface area contributed by atoms with E-state index >= 15 is 0 Å². The summed E-state index contributed by atoms with van der Waals surface area (Å²) in [6.45, 7) is 3.95. The number of rotatable bonds is 13. The van der Waals surface area contributed by atoms with Gasteiger partial charge in [-0.25, -0.2) is 0 Å². The first-order valence-electron chi connectivity index (χ1n) is 12.9. The van der Waals surface area contributed by atoms with Crippen LogP contribution in [-0.4, -0.2) is 45.9 Å². The van der Waals surface area contributed by atoms with Gasteiger partial charge in [-0.1, -0.05) is 53.2 Å². The van der Waals surface area contributed by atoms with Crippen molar-refractivity contribution in [2.75, 3.05) is 35.0 Å². The van der Waals surface area contributed by atoms with E-state index in [4.69, 9.17) is 18.9 Å². The Hall–Kier alpha value is -3.14. The number of nitrogens with zero attached hydrogens (tertiary/aromatic N) is 1. The highest BCUT2D eigenvalue weighted by atomic mass is 79.9. The topological polar surface area (TPSA) is 40.2 Å². The molecule has 0 saturated heterocycles. The number of hydrogen-bond acceptors (Lipinski definition) is 5. The van der Waals surface area contributed by atoms with Crippen molar-refractivity contribution in [2.24, 2.45) is 0 Å². The maximum absolute atomic E-state index is 5.52. The Morgan fingerprint density at radius 3 is 2.00 bits per heavy atom. The van der Waals surface area contributed by atoms with Crippen molar-refractivity contribution in [2.45, 2.75) is 45.2 Å². The smallest absolute Gasteiger partial charge is 0.161 e. The Kier molecular flexibility index (Phi) is 11.9. The highest BCUT2D eigenvalue weighted by molar-refractivity contribution is 9.10. The molecule has 3 rings (SSSR count). The van der Waals surface area contributed by atoms with Gasteiger partial charge in [-0.05, 0) is 85.5 Å². The molecule has 3 aromatic carbocycles. The molecule has 5 nitrogen and oxygen atoms in total. The number of hydrogen-bond donors (Lipinski definition) is 0. The number of methoxy groups -OCH3 is 4. The first-order chi connectivity index (χ1) is 18.5. The van der Waals surface area contributed by atoms with Crippen LogP contribution in [0.4, 0.5) is 0 Å². The van der Waals surface area contributed by atoms with Gasteiger partial charge < -0.3 is 18.9 Å². The molecule has 0 spiro atoms. The second kappa shape index (κ2) is 15.3. The molecule has 0 fully saturated rings. The van der Waals surface area contributed by atoms with E-state index in [9.17, 15) is 0 Å². The lowest BCUT2D eigenvalue weighted by Crippen LogP contribution is -2.35. The van der Waals surface area contributed by atoms with Crippen molar-refractivity contribution < 1.29 is 18.9 Å². The third kappa shape index (κ3) is 8.44. The number of halogens is 1. The van der Waals surface area contributed by atoms with Crippen LogP contribution in [0.3, 0.4) is 0 Å². The van der Waals surface area contributed by atoms with Crippen molar-refractivity contribution in [3.63, 3.8) is 0 Å². The van der Waals surface area contributed by atoms with Gasteiger partial charge in [-0.15, -0.1) is 0 Å². The molecule has 1 unspecified atom stereocenters. The van der Waals surface area contributed by atoms with Crippen LogP contribution in [0.25, 0.3) is 0 Å². The summed E-state index contributed by atoms with van der Waals surface area (Å²) >= 11 is 3.71. The van der Waals surface area contributed by atoms with Gasteiger partial charge in [0.25, 0.3) is 0 Å². The van der Waals surface area contributed by atoms with Crippen LogP contribution < -0.4 is 18.9 Å². The molecule has 38 heavy (non-hydrogen) atoms. The van der Waals surface area contributed by atoms with Crippen LogP contribution in [-0.2, 0) is 13.0 Å². The zero-order valence-corrected chi connectivity index (χ0v) is 24.6. The maximum Gasteiger partial charge on any atom is 0.161 e. The molecule has 3 aromatic rings. The molecule has 0 aliphatic carbocycles. The van der Waals surface area contributed by atoms with Gasteiger partial charge in [-0.3, -0.25) is 4.90 Å². The van der Waals surface area contributed by atoms with E-state index in [0.29, 0.717) is 0 Å². The van der Waals surface area contributed by atoms with Crippen molar-refractivity contribution in [1.82, 2.24) is 4.90 Å². The zero-order chi connectivity index (χ0) is 27.3. The lowest BCUT2D eigenvalue weighted by Gasteiger charge is -2.28. The first kappa shape index (κ1) is 29.4. The molecule has 0 aromatic heterocycles. The van der Waals surface area contributed by atoms with Gasteiger partial charge in [0.2, 0.25) is 0 Å². The van der Waals surface area contributed by atoms with E-state index in [0.717, 1.165) is 71.8 Å². The fourth-order valence-electron chi connectivity index (χ4n) is 4.33. The minimum Gasteiger partial charge on any atom is -0.497 e. The van der Waals surface area contributed by atoms with Crippen molar-refractivity contribution in [1.29, 1.82) is 0 Å². The van der Waals surface area contributed by atoms with Gasteiger partial charge >= 0.3 is 0 Å². The number of aryl methyl sites for hydroxylation is 1. The molecule has 202 valence electrons. The molecule has 1 atom stereocenters. The molecule has 0 amide bonds. The molecule has 6 heteroatoms. The number of ether oxygens (including phenoxy) is 4. The predicted molar refractivity (Wildman–Crippen MR) is 158 cm³/mol. The first-order valence-corrected chi connectivity index (χ1v) is 13.7. The van der Waals surface area contributed by atoms with Crippen LogP contribution in [0.5, 0.6) is 23.0 Å². The van der Waals surface area contributed by atoms with Crippen LogP contribution in [0.15, 0.2) is 65.1 Å². The highest BCUT2D eigenvalue weighted by Crippen LogP contribution is 2.34. The van der Waals surface area contributed by atoms with Crippen molar-refractivity contribution >= 4 is 15.9 Å². The minimum atomic E-state index is 0.137. The van der Waals surface area contributed by atoms with E-state index < -0.39 is 0 Å². The Morgan fingerprint density at radius 2 is 1.42 bits per heavy atom. The van der Waals surface area contributed by atoms with Gasteiger partial charge in [-0.2, -0.15) is 0 Å². The lowest BCUT2D eigenvalue weighted by atomic mass is 10.0. The van der Waals surface area contributed by atoms with Crippen LogP contribution in [0.2, 0.25) is 0 Å². The predicted octanol–water partition coefficient (Wildman–Crippen LogP) is 7.14. The molecule has 0 radical (unpaired) electrons. The Balaban J connectivity index is 1.81. The molecule has 0 aliphatic rings. The third-order valence-corrected chi connectivity index (χ3v) is 7.20. The molecule has 0 bridgehead atoms. The molecule has 0 saturated carbocycles. The van der Waals surface area contributed by atoms with Crippen molar-refractivity contribution in [3.8, 4) is 34.8 Å². The lowest BCUT2D eigenvalue weighted by molar-refractivity contribution is 0.214. The highest BCUT2D eigenvalue weighted by Gasteiger charge is 2.17. The van der Waals surface area contributed by atoms with Crippen molar-refractivity contribution in [3.05, 3.63) is 81.8 Å². The van der Waals surface area contributed by atoms with Gasteiger partial charge in [0.15, 0.2) is 11.5 Å². The average molecular weight is 581 g/mol. The monoisotopic (exact) mass is 579 g/mol. The minimum absolute atomic E-state index is 0.137. The largest absolute Gasteiger partial charge is 0.497 e. The third-order valence-electron chi connectivity index (χ3n) is 6.46.